The number of ether oxygens (including phenoxy) is 2. The maximum Gasteiger partial charge on any atom is 0.387 e. The molecule has 1 aromatic carbocycles. The number of alkyl halides is 2. The minimum absolute atomic E-state index is 0.0909. The molecule has 82 valence electrons. The Morgan fingerprint density at radius 1 is 1.47 bits per heavy atom. The first-order chi connectivity index (χ1) is 7.04. The summed E-state index contributed by atoms with van der Waals surface area (Å²) < 4.78 is 32.7. The van der Waals surface area contributed by atoms with Crippen molar-refractivity contribution in [3.05, 3.63) is 23.8 Å². The fraction of sp³-hybridized carbons (Fsp3) is 0.222. The van der Waals surface area contributed by atoms with Crippen molar-refractivity contribution in [2.75, 3.05) is 7.11 Å². The molecule has 0 saturated heterocycles. The molecule has 0 aliphatic rings. The monoisotopic (exact) mass is 217 g/mol. The lowest BCUT2D eigenvalue weighted by Crippen LogP contribution is -2.12. The predicted molar refractivity (Wildman–Crippen MR) is 48.1 cm³/mol. The first kappa shape index (κ1) is 11.2. The number of halogens is 2. The topological polar surface area (TPSA) is 61.6 Å². The maximum atomic E-state index is 11.9. The van der Waals surface area contributed by atoms with Crippen LogP contribution in [0.4, 0.5) is 8.78 Å². The molecule has 0 fully saturated rings. The van der Waals surface area contributed by atoms with Gasteiger partial charge in [0.05, 0.1) is 12.7 Å². The van der Waals surface area contributed by atoms with Crippen molar-refractivity contribution in [1.29, 1.82) is 0 Å². The minimum atomic E-state index is -2.92. The molecule has 6 heteroatoms. The Labute approximate surface area is 84.6 Å². The summed E-state index contributed by atoms with van der Waals surface area (Å²) in [5.41, 5.74) is 5.14. The Hall–Kier alpha value is -1.85. The van der Waals surface area contributed by atoms with Crippen molar-refractivity contribution in [3.63, 3.8) is 0 Å². The second-order valence-corrected chi connectivity index (χ2v) is 2.60. The molecule has 1 amide bonds. The van der Waals surface area contributed by atoms with E-state index in [2.05, 4.69) is 4.74 Å². The van der Waals surface area contributed by atoms with Gasteiger partial charge in [-0.2, -0.15) is 8.78 Å². The summed E-state index contributed by atoms with van der Waals surface area (Å²) in [6, 6.07) is 3.65. The lowest BCUT2D eigenvalue weighted by Gasteiger charge is -2.08. The third kappa shape index (κ3) is 2.80. The largest absolute Gasteiger partial charge is 0.496 e. The summed E-state index contributed by atoms with van der Waals surface area (Å²) in [6.45, 7) is -2.92. The van der Waals surface area contributed by atoms with E-state index in [-0.39, 0.29) is 17.1 Å². The zero-order valence-corrected chi connectivity index (χ0v) is 7.87. The summed E-state index contributed by atoms with van der Waals surface area (Å²) in [6.07, 6.45) is 0. The first-order valence-electron chi connectivity index (χ1n) is 3.97. The normalized spacial score (nSPS) is 10.1. The second kappa shape index (κ2) is 4.59. The second-order valence-electron chi connectivity index (χ2n) is 2.60. The van der Waals surface area contributed by atoms with Crippen LogP contribution in [-0.4, -0.2) is 19.6 Å². The van der Waals surface area contributed by atoms with Gasteiger partial charge < -0.3 is 15.2 Å². The number of primary amides is 1. The Kier molecular flexibility index (Phi) is 3.43. The molecule has 0 aliphatic heterocycles. The molecule has 0 aliphatic carbocycles. The quantitative estimate of drug-likeness (QED) is 0.829. The van der Waals surface area contributed by atoms with Crippen LogP contribution in [0.2, 0.25) is 0 Å². The van der Waals surface area contributed by atoms with E-state index in [1.54, 1.807) is 0 Å². The highest BCUT2D eigenvalue weighted by Crippen LogP contribution is 2.25. The number of nitrogens with two attached hydrogens (primary N) is 1. The third-order valence-electron chi connectivity index (χ3n) is 1.66. The van der Waals surface area contributed by atoms with Crippen LogP contribution in [0.5, 0.6) is 11.5 Å². The number of hydrogen-bond acceptors (Lipinski definition) is 3. The van der Waals surface area contributed by atoms with E-state index >= 15 is 0 Å². The number of carbonyl (C=O) groups excluding carboxylic acids is 1. The standard InChI is InChI=1S/C9H9F2NO3/c1-14-7-4-5(15-9(10)11)2-3-6(7)8(12)13/h2-4,9H,1H3,(H2,12,13). The van der Waals surface area contributed by atoms with E-state index in [0.29, 0.717) is 0 Å². The minimum Gasteiger partial charge on any atom is -0.496 e. The molecule has 15 heavy (non-hydrogen) atoms. The molecule has 0 spiro atoms. The van der Waals surface area contributed by atoms with Crippen LogP contribution in [0, 0.1) is 0 Å². The van der Waals surface area contributed by atoms with Crippen LogP contribution in [0.15, 0.2) is 18.2 Å². The number of carbonyl (C=O) groups is 1. The predicted octanol–water partition coefficient (Wildman–Crippen LogP) is 1.40. The Balaban J connectivity index is 3.02. The van der Waals surface area contributed by atoms with Gasteiger partial charge in [0, 0.05) is 6.07 Å². The van der Waals surface area contributed by atoms with Gasteiger partial charge in [0.25, 0.3) is 5.91 Å². The number of methoxy groups -OCH3 is 1. The fourth-order valence-electron chi connectivity index (χ4n) is 1.05. The molecule has 4 nitrogen and oxygen atoms in total. The number of rotatable bonds is 4. The van der Waals surface area contributed by atoms with Crippen LogP contribution >= 0.6 is 0 Å². The summed E-state index contributed by atoms with van der Waals surface area (Å²) in [5, 5.41) is 0. The fourth-order valence-corrected chi connectivity index (χ4v) is 1.05. The Bertz CT molecular complexity index is 368. The zero-order valence-electron chi connectivity index (χ0n) is 7.87. The van der Waals surface area contributed by atoms with Gasteiger partial charge in [0.1, 0.15) is 11.5 Å². The molecule has 0 heterocycles. The number of hydrogen-bond donors (Lipinski definition) is 1. The van der Waals surface area contributed by atoms with Crippen LogP contribution in [-0.2, 0) is 0 Å². The van der Waals surface area contributed by atoms with Crippen molar-refractivity contribution in [1.82, 2.24) is 0 Å². The van der Waals surface area contributed by atoms with E-state index in [1.165, 1.54) is 25.3 Å². The highest BCUT2D eigenvalue weighted by Gasteiger charge is 2.11. The van der Waals surface area contributed by atoms with Gasteiger partial charge in [-0.25, -0.2) is 0 Å². The molecule has 0 atom stereocenters. The van der Waals surface area contributed by atoms with Gasteiger partial charge in [-0.1, -0.05) is 0 Å². The summed E-state index contributed by atoms with van der Waals surface area (Å²) in [5.74, 6) is -0.692. The van der Waals surface area contributed by atoms with Crippen molar-refractivity contribution in [2.24, 2.45) is 5.73 Å². The van der Waals surface area contributed by atoms with Crippen LogP contribution in [0.3, 0.4) is 0 Å². The maximum absolute atomic E-state index is 11.9. The van der Waals surface area contributed by atoms with Crippen LogP contribution in [0.25, 0.3) is 0 Å². The van der Waals surface area contributed by atoms with Crippen molar-refractivity contribution in [2.45, 2.75) is 6.61 Å². The molecule has 0 radical (unpaired) electrons. The molecule has 0 aromatic heterocycles. The molecular formula is C9H9F2NO3. The molecule has 2 N–H and O–H groups in total. The van der Waals surface area contributed by atoms with E-state index in [4.69, 9.17) is 10.5 Å². The Morgan fingerprint density at radius 2 is 2.13 bits per heavy atom. The smallest absolute Gasteiger partial charge is 0.387 e. The van der Waals surface area contributed by atoms with Gasteiger partial charge in [0.2, 0.25) is 0 Å². The number of amides is 1. The molecule has 1 aromatic rings. The zero-order chi connectivity index (χ0) is 11.4. The van der Waals surface area contributed by atoms with Gasteiger partial charge in [-0.3, -0.25) is 4.79 Å². The van der Waals surface area contributed by atoms with Gasteiger partial charge in [0.15, 0.2) is 0 Å². The lowest BCUT2D eigenvalue weighted by atomic mass is 10.2. The summed E-state index contributed by atoms with van der Waals surface area (Å²) in [4.78, 5) is 10.9. The molecule has 0 saturated carbocycles. The van der Waals surface area contributed by atoms with E-state index < -0.39 is 12.5 Å². The molecule has 1 rings (SSSR count). The highest BCUT2D eigenvalue weighted by molar-refractivity contribution is 5.95. The molecule has 0 unspecified atom stereocenters. The van der Waals surface area contributed by atoms with E-state index in [0.717, 1.165) is 0 Å². The Morgan fingerprint density at radius 3 is 2.60 bits per heavy atom. The first-order valence-corrected chi connectivity index (χ1v) is 3.97. The van der Waals surface area contributed by atoms with Crippen LogP contribution < -0.4 is 15.2 Å². The lowest BCUT2D eigenvalue weighted by molar-refractivity contribution is -0.0499. The summed E-state index contributed by atoms with van der Waals surface area (Å²) >= 11 is 0. The van der Waals surface area contributed by atoms with E-state index in [9.17, 15) is 13.6 Å². The van der Waals surface area contributed by atoms with Gasteiger partial charge in [-0.05, 0) is 12.1 Å². The van der Waals surface area contributed by atoms with Crippen LogP contribution in [0.1, 0.15) is 10.4 Å². The van der Waals surface area contributed by atoms with E-state index in [1.807, 2.05) is 0 Å². The average molecular weight is 217 g/mol. The van der Waals surface area contributed by atoms with Crippen molar-refractivity contribution < 1.29 is 23.0 Å². The van der Waals surface area contributed by atoms with Crippen molar-refractivity contribution >= 4 is 5.91 Å². The number of benzene rings is 1. The molecule has 0 bridgehead atoms. The van der Waals surface area contributed by atoms with Crippen molar-refractivity contribution in [3.8, 4) is 11.5 Å². The van der Waals surface area contributed by atoms with Gasteiger partial charge >= 0.3 is 6.61 Å². The van der Waals surface area contributed by atoms with Gasteiger partial charge in [-0.15, -0.1) is 0 Å². The average Bonchev–Trinajstić information content (AvgIpc) is 2.16. The molecular weight excluding hydrogens is 208 g/mol. The highest BCUT2D eigenvalue weighted by atomic mass is 19.3. The third-order valence-corrected chi connectivity index (χ3v) is 1.66. The SMILES string of the molecule is COc1cc(OC(F)F)ccc1C(N)=O. The summed E-state index contributed by atoms with van der Waals surface area (Å²) in [7, 11) is 1.30.